The molecule has 0 aliphatic heterocycles. The Morgan fingerprint density at radius 3 is 2.28 bits per heavy atom. The van der Waals surface area contributed by atoms with Gasteiger partial charge >= 0.3 is 0 Å². The van der Waals surface area contributed by atoms with Gasteiger partial charge in [0.25, 0.3) is 0 Å². The van der Waals surface area contributed by atoms with Crippen molar-refractivity contribution >= 4 is 37.5 Å². The molecule has 0 aliphatic rings. The maximum absolute atomic E-state index is 13.4. The standard InChI is InChI=1S/C25H27BrN2O3S/c1-4-21-15-22(26)14-19(3)25(21)27-24(29)17-28(16-20-8-6-5-7-9-20)32(30,31)23-12-10-18(2)11-13-23/h5-15H,4,16-17H2,1-3H3,(H,27,29). The highest BCUT2D eigenvalue weighted by molar-refractivity contribution is 9.10. The smallest absolute Gasteiger partial charge is 0.243 e. The van der Waals surface area contributed by atoms with E-state index in [0.717, 1.165) is 38.8 Å². The van der Waals surface area contributed by atoms with Crippen LogP contribution in [0.25, 0.3) is 0 Å². The molecule has 168 valence electrons. The first-order chi connectivity index (χ1) is 15.2. The quantitative estimate of drug-likeness (QED) is 0.434. The second kappa shape index (κ2) is 10.4. The van der Waals surface area contributed by atoms with Gasteiger partial charge in [-0.3, -0.25) is 4.79 Å². The van der Waals surface area contributed by atoms with Crippen LogP contribution in [0.3, 0.4) is 0 Å². The topological polar surface area (TPSA) is 66.5 Å². The van der Waals surface area contributed by atoms with Gasteiger partial charge in [-0.15, -0.1) is 0 Å². The minimum atomic E-state index is -3.87. The van der Waals surface area contributed by atoms with E-state index in [4.69, 9.17) is 0 Å². The molecule has 0 fully saturated rings. The van der Waals surface area contributed by atoms with E-state index in [9.17, 15) is 13.2 Å². The van der Waals surface area contributed by atoms with Crippen molar-refractivity contribution in [3.8, 4) is 0 Å². The van der Waals surface area contributed by atoms with E-state index in [-0.39, 0.29) is 23.9 Å². The van der Waals surface area contributed by atoms with Crippen molar-refractivity contribution < 1.29 is 13.2 Å². The molecule has 3 aromatic rings. The Morgan fingerprint density at radius 1 is 1.00 bits per heavy atom. The van der Waals surface area contributed by atoms with Crippen molar-refractivity contribution in [1.82, 2.24) is 4.31 Å². The van der Waals surface area contributed by atoms with Gasteiger partial charge in [-0.1, -0.05) is 70.9 Å². The predicted molar refractivity (Wildman–Crippen MR) is 132 cm³/mol. The van der Waals surface area contributed by atoms with Crippen molar-refractivity contribution in [3.05, 3.63) is 93.5 Å². The summed E-state index contributed by atoms with van der Waals surface area (Å²) < 4.78 is 29.0. The second-order valence-corrected chi connectivity index (χ2v) is 10.6. The Morgan fingerprint density at radius 2 is 1.66 bits per heavy atom. The first kappa shape index (κ1) is 24.2. The number of anilines is 1. The number of carbonyl (C=O) groups excluding carboxylic acids is 1. The molecule has 0 radical (unpaired) electrons. The summed E-state index contributed by atoms with van der Waals surface area (Å²) in [5.41, 5.74) is 4.41. The fourth-order valence-corrected chi connectivity index (χ4v) is 5.49. The number of aryl methyl sites for hydroxylation is 3. The number of hydrogen-bond acceptors (Lipinski definition) is 3. The predicted octanol–water partition coefficient (Wildman–Crippen LogP) is 5.46. The summed E-state index contributed by atoms with van der Waals surface area (Å²) in [5.74, 6) is -0.378. The maximum Gasteiger partial charge on any atom is 0.243 e. The van der Waals surface area contributed by atoms with Gasteiger partial charge < -0.3 is 5.32 Å². The van der Waals surface area contributed by atoms with Crippen LogP contribution in [0.5, 0.6) is 0 Å². The van der Waals surface area contributed by atoms with Crippen molar-refractivity contribution in [2.24, 2.45) is 0 Å². The average Bonchev–Trinajstić information content (AvgIpc) is 2.76. The summed E-state index contributed by atoms with van der Waals surface area (Å²) in [6.45, 7) is 5.65. The molecule has 32 heavy (non-hydrogen) atoms. The Bertz CT molecular complexity index is 1190. The SMILES string of the molecule is CCc1cc(Br)cc(C)c1NC(=O)CN(Cc1ccccc1)S(=O)(=O)c1ccc(C)cc1. The molecule has 5 nitrogen and oxygen atoms in total. The summed E-state index contributed by atoms with van der Waals surface area (Å²) in [7, 11) is -3.87. The van der Waals surface area contributed by atoms with E-state index >= 15 is 0 Å². The number of hydrogen-bond donors (Lipinski definition) is 1. The normalized spacial score (nSPS) is 11.5. The minimum Gasteiger partial charge on any atom is -0.324 e. The third-order valence-corrected chi connectivity index (χ3v) is 7.47. The molecule has 0 heterocycles. The Kier molecular flexibility index (Phi) is 7.87. The lowest BCUT2D eigenvalue weighted by Crippen LogP contribution is -2.37. The van der Waals surface area contributed by atoms with Crippen LogP contribution in [-0.2, 0) is 27.8 Å². The van der Waals surface area contributed by atoms with Crippen LogP contribution in [0.15, 0.2) is 76.1 Å². The largest absolute Gasteiger partial charge is 0.324 e. The molecule has 0 unspecified atom stereocenters. The summed E-state index contributed by atoms with van der Waals surface area (Å²) in [6, 6.07) is 19.8. The van der Waals surface area contributed by atoms with E-state index in [1.807, 2.05) is 63.2 Å². The number of nitrogens with zero attached hydrogens (tertiary/aromatic N) is 1. The van der Waals surface area contributed by atoms with Gasteiger partial charge in [0, 0.05) is 16.7 Å². The molecule has 0 saturated carbocycles. The number of halogens is 1. The van der Waals surface area contributed by atoms with Crippen molar-refractivity contribution in [2.75, 3.05) is 11.9 Å². The van der Waals surface area contributed by atoms with Gasteiger partial charge in [-0.2, -0.15) is 4.31 Å². The highest BCUT2D eigenvalue weighted by Crippen LogP contribution is 2.27. The van der Waals surface area contributed by atoms with E-state index in [0.29, 0.717) is 0 Å². The summed E-state index contributed by atoms with van der Waals surface area (Å²) in [6.07, 6.45) is 0.741. The number of benzene rings is 3. The molecule has 0 spiro atoms. The van der Waals surface area contributed by atoms with E-state index in [1.54, 1.807) is 24.3 Å². The van der Waals surface area contributed by atoms with Crippen LogP contribution >= 0.6 is 15.9 Å². The molecule has 7 heteroatoms. The molecule has 0 aromatic heterocycles. The third kappa shape index (κ3) is 5.85. The van der Waals surface area contributed by atoms with Crippen LogP contribution in [0, 0.1) is 13.8 Å². The molecule has 0 bridgehead atoms. The average molecular weight is 515 g/mol. The van der Waals surface area contributed by atoms with Crippen molar-refractivity contribution in [2.45, 2.75) is 38.6 Å². The minimum absolute atomic E-state index is 0.102. The number of sulfonamides is 1. The maximum atomic E-state index is 13.4. The van der Waals surface area contributed by atoms with Gasteiger partial charge in [0.05, 0.1) is 11.4 Å². The fourth-order valence-electron chi connectivity index (χ4n) is 3.48. The number of carbonyl (C=O) groups is 1. The number of rotatable bonds is 8. The third-order valence-electron chi connectivity index (χ3n) is 5.21. The summed E-state index contributed by atoms with van der Waals surface area (Å²) in [4.78, 5) is 13.2. The van der Waals surface area contributed by atoms with Gasteiger partial charge in [-0.25, -0.2) is 8.42 Å². The Hall–Kier alpha value is -2.48. The Labute approximate surface area is 198 Å². The molecule has 1 N–H and O–H groups in total. The molecule has 3 rings (SSSR count). The number of nitrogens with one attached hydrogen (secondary N) is 1. The monoisotopic (exact) mass is 514 g/mol. The highest BCUT2D eigenvalue weighted by Gasteiger charge is 2.27. The lowest BCUT2D eigenvalue weighted by atomic mass is 10.1. The Balaban J connectivity index is 1.91. The van der Waals surface area contributed by atoms with Gasteiger partial charge in [-0.05, 0) is 61.2 Å². The van der Waals surface area contributed by atoms with Crippen LogP contribution in [-0.4, -0.2) is 25.2 Å². The lowest BCUT2D eigenvalue weighted by molar-refractivity contribution is -0.116. The second-order valence-electron chi connectivity index (χ2n) is 7.73. The van der Waals surface area contributed by atoms with Gasteiger partial charge in [0.2, 0.25) is 15.9 Å². The zero-order chi connectivity index (χ0) is 23.3. The first-order valence-corrected chi connectivity index (χ1v) is 12.6. The van der Waals surface area contributed by atoms with Crippen LogP contribution in [0.2, 0.25) is 0 Å². The van der Waals surface area contributed by atoms with Crippen molar-refractivity contribution in [3.63, 3.8) is 0 Å². The molecule has 3 aromatic carbocycles. The fraction of sp³-hybridized carbons (Fsp3) is 0.240. The molecule has 1 amide bonds. The molecule has 0 aliphatic carbocycles. The van der Waals surface area contributed by atoms with Gasteiger partial charge in [0.1, 0.15) is 0 Å². The lowest BCUT2D eigenvalue weighted by Gasteiger charge is -2.23. The van der Waals surface area contributed by atoms with E-state index in [2.05, 4.69) is 21.2 Å². The highest BCUT2D eigenvalue weighted by atomic mass is 79.9. The summed E-state index contributed by atoms with van der Waals surface area (Å²) in [5, 5.41) is 2.94. The van der Waals surface area contributed by atoms with Crippen molar-refractivity contribution in [1.29, 1.82) is 0 Å². The zero-order valence-corrected chi connectivity index (χ0v) is 20.8. The van der Waals surface area contributed by atoms with Crippen LogP contribution in [0.4, 0.5) is 5.69 Å². The summed E-state index contributed by atoms with van der Waals surface area (Å²) >= 11 is 3.49. The zero-order valence-electron chi connectivity index (χ0n) is 18.4. The molecule has 0 atom stereocenters. The number of amides is 1. The van der Waals surface area contributed by atoms with Crippen LogP contribution in [0.1, 0.15) is 29.2 Å². The van der Waals surface area contributed by atoms with Gasteiger partial charge in [0.15, 0.2) is 0 Å². The van der Waals surface area contributed by atoms with E-state index < -0.39 is 10.0 Å². The molecular formula is C25H27BrN2O3S. The first-order valence-electron chi connectivity index (χ1n) is 10.4. The molecular weight excluding hydrogens is 488 g/mol. The van der Waals surface area contributed by atoms with E-state index in [1.165, 1.54) is 4.31 Å². The molecule has 0 saturated heterocycles. The van der Waals surface area contributed by atoms with Crippen LogP contribution < -0.4 is 5.32 Å².